The van der Waals surface area contributed by atoms with Gasteiger partial charge in [-0.15, -0.1) is 0 Å². The first-order chi connectivity index (χ1) is 12.1. The van der Waals surface area contributed by atoms with E-state index in [0.717, 1.165) is 36.5 Å². The number of benzene rings is 1. The van der Waals surface area contributed by atoms with Crippen LogP contribution in [0, 0.1) is 0 Å². The van der Waals surface area contributed by atoms with E-state index in [1.807, 2.05) is 18.2 Å². The largest absolute Gasteiger partial charge is 0.486 e. The maximum atomic E-state index is 12.5. The van der Waals surface area contributed by atoms with Crippen molar-refractivity contribution in [2.45, 2.75) is 44.9 Å². The van der Waals surface area contributed by atoms with Gasteiger partial charge in [-0.3, -0.25) is 4.79 Å². The lowest BCUT2D eigenvalue weighted by atomic mass is 10.1. The van der Waals surface area contributed by atoms with Crippen LogP contribution in [0.3, 0.4) is 0 Å². The zero-order valence-corrected chi connectivity index (χ0v) is 15.0. The average Bonchev–Trinajstić information content (AvgIpc) is 2.66. The SMILES string of the molecule is C[C@@H](OC[C@H]1CCCCO1)C(=O)N(C)Cc1ccc2c(c1)OCCO2. The van der Waals surface area contributed by atoms with Crippen molar-refractivity contribution in [2.24, 2.45) is 0 Å². The van der Waals surface area contributed by atoms with Gasteiger partial charge >= 0.3 is 0 Å². The molecule has 0 bridgehead atoms. The minimum Gasteiger partial charge on any atom is -0.486 e. The Balaban J connectivity index is 1.49. The second-order valence-corrected chi connectivity index (χ2v) is 6.64. The molecular weight excluding hydrogens is 322 g/mol. The van der Waals surface area contributed by atoms with Gasteiger partial charge in [0.2, 0.25) is 0 Å². The first kappa shape index (κ1) is 18.0. The van der Waals surface area contributed by atoms with Gasteiger partial charge < -0.3 is 23.8 Å². The Bertz CT molecular complexity index is 585. The molecule has 2 aliphatic heterocycles. The van der Waals surface area contributed by atoms with Crippen molar-refractivity contribution in [3.05, 3.63) is 23.8 Å². The molecule has 0 aromatic heterocycles. The van der Waals surface area contributed by atoms with Crippen molar-refractivity contribution in [3.8, 4) is 11.5 Å². The number of amides is 1. The molecule has 2 heterocycles. The third-order valence-electron chi connectivity index (χ3n) is 4.56. The molecule has 25 heavy (non-hydrogen) atoms. The molecule has 0 radical (unpaired) electrons. The third kappa shape index (κ3) is 4.86. The molecule has 0 aliphatic carbocycles. The van der Waals surface area contributed by atoms with E-state index in [0.29, 0.717) is 26.4 Å². The molecule has 1 aromatic rings. The fraction of sp³-hybridized carbons (Fsp3) is 0.632. The van der Waals surface area contributed by atoms with Crippen molar-refractivity contribution < 1.29 is 23.7 Å². The highest BCUT2D eigenvalue weighted by Gasteiger charge is 2.22. The normalized spacial score (nSPS) is 20.8. The monoisotopic (exact) mass is 349 g/mol. The summed E-state index contributed by atoms with van der Waals surface area (Å²) < 4.78 is 22.5. The predicted molar refractivity (Wildman–Crippen MR) is 92.9 cm³/mol. The molecule has 1 amide bonds. The van der Waals surface area contributed by atoms with Crippen LogP contribution in [0.15, 0.2) is 18.2 Å². The van der Waals surface area contributed by atoms with E-state index in [-0.39, 0.29) is 12.0 Å². The Morgan fingerprint density at radius 1 is 1.24 bits per heavy atom. The number of likely N-dealkylation sites (N-methyl/N-ethyl adjacent to an activating group) is 1. The molecule has 1 fully saturated rings. The van der Waals surface area contributed by atoms with Crippen molar-refractivity contribution >= 4 is 5.91 Å². The van der Waals surface area contributed by atoms with Gasteiger partial charge in [0, 0.05) is 20.2 Å². The van der Waals surface area contributed by atoms with Crippen LogP contribution < -0.4 is 9.47 Å². The van der Waals surface area contributed by atoms with Gasteiger partial charge in [0.25, 0.3) is 5.91 Å². The standard InChI is InChI=1S/C19H27NO5/c1-14(25-13-16-5-3-4-8-22-16)19(21)20(2)12-15-6-7-17-18(11-15)24-10-9-23-17/h6-7,11,14,16H,3-5,8-10,12-13H2,1-2H3/t14-,16-/m1/s1. The van der Waals surface area contributed by atoms with Crippen LogP contribution in [-0.2, 0) is 20.8 Å². The molecular formula is C19H27NO5. The van der Waals surface area contributed by atoms with Gasteiger partial charge in [-0.1, -0.05) is 6.07 Å². The number of hydrogen-bond donors (Lipinski definition) is 0. The molecule has 6 heteroatoms. The molecule has 3 rings (SSSR count). The summed E-state index contributed by atoms with van der Waals surface area (Å²) in [6.07, 6.45) is 2.93. The summed E-state index contributed by atoms with van der Waals surface area (Å²) in [5.41, 5.74) is 1.00. The van der Waals surface area contributed by atoms with E-state index in [1.54, 1.807) is 18.9 Å². The first-order valence-electron chi connectivity index (χ1n) is 9.00. The van der Waals surface area contributed by atoms with Gasteiger partial charge in [-0.05, 0) is 43.9 Å². The van der Waals surface area contributed by atoms with Crippen LogP contribution in [0.25, 0.3) is 0 Å². The lowest BCUT2D eigenvalue weighted by molar-refractivity contribution is -0.145. The molecule has 0 N–H and O–H groups in total. The second-order valence-electron chi connectivity index (χ2n) is 6.64. The number of nitrogens with zero attached hydrogens (tertiary/aromatic N) is 1. The number of carbonyl (C=O) groups excluding carboxylic acids is 1. The zero-order valence-electron chi connectivity index (χ0n) is 15.0. The quantitative estimate of drug-likeness (QED) is 0.789. The van der Waals surface area contributed by atoms with Gasteiger partial charge in [-0.2, -0.15) is 0 Å². The molecule has 6 nitrogen and oxygen atoms in total. The highest BCUT2D eigenvalue weighted by atomic mass is 16.6. The number of ether oxygens (including phenoxy) is 4. The predicted octanol–water partition coefficient (Wildman–Crippen LogP) is 2.39. The third-order valence-corrected chi connectivity index (χ3v) is 4.56. The summed E-state index contributed by atoms with van der Waals surface area (Å²) in [5, 5.41) is 0. The maximum absolute atomic E-state index is 12.5. The topological polar surface area (TPSA) is 57.2 Å². The molecule has 2 aliphatic rings. The van der Waals surface area contributed by atoms with Crippen molar-refractivity contribution in [2.75, 3.05) is 33.5 Å². The lowest BCUT2D eigenvalue weighted by Crippen LogP contribution is -2.38. The number of carbonyl (C=O) groups is 1. The Labute approximate surface area is 149 Å². The summed E-state index contributed by atoms with van der Waals surface area (Å²) in [7, 11) is 1.79. The van der Waals surface area contributed by atoms with Crippen LogP contribution in [0.2, 0.25) is 0 Å². The average molecular weight is 349 g/mol. The number of hydrogen-bond acceptors (Lipinski definition) is 5. The summed E-state index contributed by atoms with van der Waals surface area (Å²) in [6.45, 7) is 4.70. The fourth-order valence-corrected chi connectivity index (χ4v) is 3.11. The van der Waals surface area contributed by atoms with Crippen molar-refractivity contribution in [3.63, 3.8) is 0 Å². The lowest BCUT2D eigenvalue weighted by Gasteiger charge is -2.26. The molecule has 2 atom stereocenters. The van der Waals surface area contributed by atoms with Crippen LogP contribution in [0.5, 0.6) is 11.5 Å². The summed E-state index contributed by atoms with van der Waals surface area (Å²) >= 11 is 0. The van der Waals surface area contributed by atoms with Gasteiger partial charge in [0.1, 0.15) is 19.3 Å². The summed E-state index contributed by atoms with van der Waals surface area (Å²) in [5.74, 6) is 1.46. The Morgan fingerprint density at radius 2 is 2.04 bits per heavy atom. The van der Waals surface area contributed by atoms with Gasteiger partial charge in [0.15, 0.2) is 11.5 Å². The van der Waals surface area contributed by atoms with E-state index in [4.69, 9.17) is 18.9 Å². The van der Waals surface area contributed by atoms with E-state index < -0.39 is 6.10 Å². The van der Waals surface area contributed by atoms with Crippen LogP contribution in [0.1, 0.15) is 31.7 Å². The Hall–Kier alpha value is -1.79. The summed E-state index contributed by atoms with van der Waals surface area (Å²) in [4.78, 5) is 14.2. The van der Waals surface area contributed by atoms with Crippen LogP contribution >= 0.6 is 0 Å². The minimum atomic E-state index is -0.479. The fourth-order valence-electron chi connectivity index (χ4n) is 3.11. The first-order valence-corrected chi connectivity index (χ1v) is 9.00. The Morgan fingerprint density at radius 3 is 2.80 bits per heavy atom. The zero-order chi connectivity index (χ0) is 17.6. The van der Waals surface area contributed by atoms with E-state index >= 15 is 0 Å². The Kier molecular flexibility index (Phi) is 6.15. The molecule has 1 aromatic carbocycles. The molecule has 0 saturated carbocycles. The maximum Gasteiger partial charge on any atom is 0.251 e. The van der Waals surface area contributed by atoms with Crippen molar-refractivity contribution in [1.82, 2.24) is 4.90 Å². The minimum absolute atomic E-state index is 0.0364. The number of fused-ring (bicyclic) bond motifs is 1. The highest BCUT2D eigenvalue weighted by molar-refractivity contribution is 5.80. The molecule has 1 saturated heterocycles. The summed E-state index contributed by atoms with van der Waals surface area (Å²) in [6, 6.07) is 5.78. The van der Waals surface area contributed by atoms with Crippen LogP contribution in [-0.4, -0.2) is 56.5 Å². The number of rotatable bonds is 6. The van der Waals surface area contributed by atoms with E-state index in [1.165, 1.54) is 6.42 Å². The van der Waals surface area contributed by atoms with E-state index in [2.05, 4.69) is 0 Å². The van der Waals surface area contributed by atoms with Gasteiger partial charge in [-0.25, -0.2) is 0 Å². The van der Waals surface area contributed by atoms with Crippen LogP contribution in [0.4, 0.5) is 0 Å². The molecule has 138 valence electrons. The smallest absolute Gasteiger partial charge is 0.251 e. The van der Waals surface area contributed by atoms with E-state index in [9.17, 15) is 4.79 Å². The van der Waals surface area contributed by atoms with Crippen molar-refractivity contribution in [1.29, 1.82) is 0 Å². The highest BCUT2D eigenvalue weighted by Crippen LogP contribution is 2.31. The second kappa shape index (κ2) is 8.54. The molecule has 0 spiro atoms. The van der Waals surface area contributed by atoms with Gasteiger partial charge in [0.05, 0.1) is 12.7 Å². The molecule has 0 unspecified atom stereocenters.